The maximum atomic E-state index is 12.9. The molecular formula is C16H12F4N4O2S. The number of rotatable bonds is 4. The minimum absolute atomic E-state index is 0.0702. The van der Waals surface area contributed by atoms with Gasteiger partial charge in [-0.3, -0.25) is 15.0 Å². The Morgan fingerprint density at radius 2 is 1.89 bits per heavy atom. The summed E-state index contributed by atoms with van der Waals surface area (Å²) in [5, 5.41) is -0.281. The van der Waals surface area contributed by atoms with Crippen molar-refractivity contribution >= 4 is 27.6 Å². The summed E-state index contributed by atoms with van der Waals surface area (Å²) >= 11 is 0.680. The Bertz CT molecular complexity index is 1060. The molecule has 3 rings (SSSR count). The van der Waals surface area contributed by atoms with E-state index in [-0.39, 0.29) is 27.6 Å². The van der Waals surface area contributed by atoms with Gasteiger partial charge in [-0.1, -0.05) is 23.5 Å². The number of thiazole rings is 1. The van der Waals surface area contributed by atoms with E-state index in [0.717, 1.165) is 4.68 Å². The van der Waals surface area contributed by atoms with E-state index in [1.54, 1.807) is 0 Å². The van der Waals surface area contributed by atoms with Crippen molar-refractivity contribution in [3.05, 3.63) is 56.8 Å². The molecule has 1 aromatic carbocycles. The summed E-state index contributed by atoms with van der Waals surface area (Å²) in [6, 6.07) is 5.25. The highest BCUT2D eigenvalue weighted by Crippen LogP contribution is 2.26. The van der Waals surface area contributed by atoms with Gasteiger partial charge in [0.1, 0.15) is 16.6 Å². The predicted molar refractivity (Wildman–Crippen MR) is 90.6 cm³/mol. The zero-order valence-corrected chi connectivity index (χ0v) is 14.6. The average molecular weight is 400 g/mol. The molecule has 0 saturated carbocycles. The lowest BCUT2D eigenvalue weighted by molar-refractivity contribution is -0.127. The number of halogens is 4. The Morgan fingerprint density at radius 3 is 2.52 bits per heavy atom. The first-order valence-corrected chi connectivity index (χ1v) is 8.44. The van der Waals surface area contributed by atoms with Crippen molar-refractivity contribution in [3.8, 4) is 0 Å². The van der Waals surface area contributed by atoms with E-state index in [1.165, 1.54) is 31.2 Å². The lowest BCUT2D eigenvalue weighted by Gasteiger charge is -2.10. The number of benzene rings is 1. The number of aromatic nitrogens is 3. The molecule has 2 aromatic heterocycles. The highest BCUT2D eigenvalue weighted by atomic mass is 32.1. The van der Waals surface area contributed by atoms with Crippen LogP contribution in [-0.4, -0.2) is 26.7 Å². The smallest absolute Gasteiger partial charge is 0.273 e. The first-order chi connectivity index (χ1) is 12.6. The van der Waals surface area contributed by atoms with Gasteiger partial charge in [0.2, 0.25) is 5.91 Å². The van der Waals surface area contributed by atoms with Crippen LogP contribution in [-0.2, 0) is 17.6 Å². The Morgan fingerprint density at radius 1 is 1.22 bits per heavy atom. The minimum atomic E-state index is -4.45. The van der Waals surface area contributed by atoms with Gasteiger partial charge in [0.25, 0.3) is 5.56 Å². The third-order valence-electron chi connectivity index (χ3n) is 3.51. The van der Waals surface area contributed by atoms with Crippen molar-refractivity contribution in [3.63, 3.8) is 0 Å². The lowest BCUT2D eigenvalue weighted by Crippen LogP contribution is -2.36. The van der Waals surface area contributed by atoms with Crippen LogP contribution in [0.15, 0.2) is 29.1 Å². The molecule has 0 spiro atoms. The fraction of sp³-hybridized carbons (Fsp3) is 0.250. The number of carbonyl (C=O) groups is 1. The molecule has 0 fully saturated rings. The Balaban J connectivity index is 1.86. The van der Waals surface area contributed by atoms with Gasteiger partial charge < -0.3 is 0 Å². The summed E-state index contributed by atoms with van der Waals surface area (Å²) in [5.41, 5.74) is 1.85. The van der Waals surface area contributed by atoms with Crippen molar-refractivity contribution in [1.29, 1.82) is 0 Å². The zero-order chi connectivity index (χ0) is 19.8. The van der Waals surface area contributed by atoms with E-state index >= 15 is 0 Å². The molecule has 0 bridgehead atoms. The van der Waals surface area contributed by atoms with Crippen LogP contribution < -0.4 is 11.0 Å². The van der Waals surface area contributed by atoms with Gasteiger partial charge >= 0.3 is 6.18 Å². The second-order valence-corrected chi connectivity index (χ2v) is 6.75. The highest BCUT2D eigenvalue weighted by Gasteiger charge is 2.30. The summed E-state index contributed by atoms with van der Waals surface area (Å²) in [6.07, 6.45) is -5.84. The van der Waals surface area contributed by atoms with Crippen molar-refractivity contribution in [1.82, 2.24) is 14.6 Å². The number of alkyl halides is 3. The number of hydrogen-bond acceptors (Lipinski definition) is 5. The number of aryl methyl sites for hydroxylation is 1. The van der Waals surface area contributed by atoms with Gasteiger partial charge in [-0.25, -0.2) is 19.0 Å². The second kappa shape index (κ2) is 7.06. The van der Waals surface area contributed by atoms with Crippen molar-refractivity contribution in [2.45, 2.75) is 25.9 Å². The molecule has 1 N–H and O–H groups in total. The molecule has 6 nitrogen and oxygen atoms in total. The number of nitrogens with zero attached hydrogens (tertiary/aromatic N) is 3. The number of nitrogens with one attached hydrogen (secondary N) is 1. The maximum Gasteiger partial charge on any atom is 0.395 e. The topological polar surface area (TPSA) is 76.9 Å². The van der Waals surface area contributed by atoms with Gasteiger partial charge in [0, 0.05) is 0 Å². The summed E-state index contributed by atoms with van der Waals surface area (Å²) in [4.78, 5) is 32.4. The molecule has 0 aliphatic carbocycles. The standard InChI is InChI=1S/C16H12F4N4O2S/c1-8-21-14-13(22-12(27-14)7-16(18,19)20)15(26)24(8)23-11(25)6-9-2-4-10(17)5-3-9/h2-5H,6-7H2,1H3,(H,23,25). The van der Waals surface area contributed by atoms with Gasteiger partial charge in [0.15, 0.2) is 10.3 Å². The molecule has 0 radical (unpaired) electrons. The molecule has 11 heteroatoms. The zero-order valence-electron chi connectivity index (χ0n) is 13.8. The molecule has 2 heterocycles. The van der Waals surface area contributed by atoms with Crippen LogP contribution in [0.25, 0.3) is 10.3 Å². The second-order valence-electron chi connectivity index (χ2n) is 5.69. The van der Waals surface area contributed by atoms with Gasteiger partial charge in [0.05, 0.1) is 12.8 Å². The largest absolute Gasteiger partial charge is 0.395 e. The van der Waals surface area contributed by atoms with E-state index in [4.69, 9.17) is 0 Å². The van der Waals surface area contributed by atoms with Crippen LogP contribution in [0.3, 0.4) is 0 Å². The van der Waals surface area contributed by atoms with Crippen LogP contribution in [0.1, 0.15) is 16.4 Å². The number of fused-ring (bicyclic) bond motifs is 1. The predicted octanol–water partition coefficient (Wildman–Crippen LogP) is 2.72. The van der Waals surface area contributed by atoms with Crippen LogP contribution >= 0.6 is 11.3 Å². The number of carbonyl (C=O) groups excluding carboxylic acids is 1. The lowest BCUT2D eigenvalue weighted by atomic mass is 10.1. The fourth-order valence-corrected chi connectivity index (χ4v) is 3.35. The van der Waals surface area contributed by atoms with Crippen LogP contribution in [0.4, 0.5) is 17.6 Å². The van der Waals surface area contributed by atoms with Gasteiger partial charge in [-0.2, -0.15) is 13.2 Å². The monoisotopic (exact) mass is 400 g/mol. The molecule has 0 atom stereocenters. The van der Waals surface area contributed by atoms with Crippen LogP contribution in [0.2, 0.25) is 0 Å². The van der Waals surface area contributed by atoms with Crippen molar-refractivity contribution < 1.29 is 22.4 Å². The highest BCUT2D eigenvalue weighted by molar-refractivity contribution is 7.18. The Labute approximate surface area is 153 Å². The van der Waals surface area contributed by atoms with E-state index in [9.17, 15) is 27.2 Å². The summed E-state index contributed by atoms with van der Waals surface area (Å²) in [5.74, 6) is -0.917. The Kier molecular flexibility index (Phi) is 4.96. The van der Waals surface area contributed by atoms with E-state index in [1.807, 2.05) is 0 Å². The van der Waals surface area contributed by atoms with Crippen molar-refractivity contribution in [2.24, 2.45) is 0 Å². The van der Waals surface area contributed by atoms with Crippen LogP contribution in [0, 0.1) is 12.7 Å². The van der Waals surface area contributed by atoms with Gasteiger partial charge in [-0.15, -0.1) is 0 Å². The molecule has 0 unspecified atom stereocenters. The number of hydrogen-bond donors (Lipinski definition) is 1. The molecule has 27 heavy (non-hydrogen) atoms. The quantitative estimate of drug-likeness (QED) is 0.684. The van der Waals surface area contributed by atoms with E-state index in [0.29, 0.717) is 16.9 Å². The van der Waals surface area contributed by atoms with Crippen molar-refractivity contribution in [2.75, 3.05) is 5.43 Å². The molecule has 0 aliphatic rings. The first kappa shape index (κ1) is 19.0. The summed E-state index contributed by atoms with van der Waals surface area (Å²) < 4.78 is 51.3. The SMILES string of the molecule is Cc1nc2sc(CC(F)(F)F)nc2c(=O)n1NC(=O)Cc1ccc(F)cc1. The maximum absolute atomic E-state index is 12.9. The van der Waals surface area contributed by atoms with E-state index in [2.05, 4.69) is 15.4 Å². The van der Waals surface area contributed by atoms with E-state index < -0.39 is 29.9 Å². The minimum Gasteiger partial charge on any atom is -0.273 e. The fourth-order valence-electron chi connectivity index (χ4n) is 2.35. The molecular weight excluding hydrogens is 388 g/mol. The first-order valence-electron chi connectivity index (χ1n) is 7.62. The third-order valence-corrected chi connectivity index (χ3v) is 4.46. The molecule has 1 amide bonds. The van der Waals surface area contributed by atoms with Crippen LogP contribution in [0.5, 0.6) is 0 Å². The number of amides is 1. The third kappa shape index (κ3) is 4.48. The normalized spacial score (nSPS) is 11.7. The average Bonchev–Trinajstić information content (AvgIpc) is 2.94. The summed E-state index contributed by atoms with van der Waals surface area (Å²) in [7, 11) is 0. The summed E-state index contributed by atoms with van der Waals surface area (Å²) in [6.45, 7) is 1.43. The van der Waals surface area contributed by atoms with Gasteiger partial charge in [-0.05, 0) is 24.6 Å². The Hall–Kier alpha value is -2.82. The molecule has 0 aliphatic heterocycles. The molecule has 3 aromatic rings. The molecule has 0 saturated heterocycles. The molecule has 142 valence electrons.